The van der Waals surface area contributed by atoms with Gasteiger partial charge in [0, 0.05) is 40.8 Å². The van der Waals surface area contributed by atoms with Gasteiger partial charge in [0.15, 0.2) is 0 Å². The number of para-hydroxylation sites is 1. The average Bonchev–Trinajstić information content (AvgIpc) is 2.89. The summed E-state index contributed by atoms with van der Waals surface area (Å²) in [6.45, 7) is 4.56. The first-order chi connectivity index (χ1) is 17.4. The third kappa shape index (κ3) is 5.84. The maximum Gasteiger partial charge on any atom is 0.253 e. The van der Waals surface area contributed by atoms with E-state index >= 15 is 0 Å². The number of hydrogen-bond donors (Lipinski definition) is 0. The summed E-state index contributed by atoms with van der Waals surface area (Å²) in [5.41, 5.74) is 2.19. The van der Waals surface area contributed by atoms with E-state index in [1.165, 1.54) is 0 Å². The van der Waals surface area contributed by atoms with Gasteiger partial charge in [-0.25, -0.2) is 0 Å². The van der Waals surface area contributed by atoms with Gasteiger partial charge in [-0.15, -0.1) is 0 Å². The Hall–Kier alpha value is -2.24. The van der Waals surface area contributed by atoms with Crippen LogP contribution < -0.4 is 4.74 Å². The fourth-order valence-electron chi connectivity index (χ4n) is 5.30. The summed E-state index contributed by atoms with van der Waals surface area (Å²) in [6, 6.07) is 20.6. The van der Waals surface area contributed by atoms with Gasteiger partial charge in [0.2, 0.25) is 0 Å². The van der Waals surface area contributed by atoms with Gasteiger partial charge in [0.05, 0.1) is 5.02 Å². The maximum atomic E-state index is 12.9. The molecule has 0 unspecified atom stereocenters. The van der Waals surface area contributed by atoms with E-state index in [0.717, 1.165) is 69.7 Å². The standard InChI is InChI=1S/C29H29Cl3N2O2/c30-23-7-5-21(6-8-23)28(35)34-17-13-29(14-18-34)11-15-33(16-12-29)20-22-3-1-2-4-26(22)36-27-10-9-24(31)19-25(27)32/h1-10,19H,11-18,20H2. The second-order valence-corrected chi connectivity index (χ2v) is 11.1. The molecule has 2 aliphatic heterocycles. The molecule has 0 aromatic heterocycles. The number of carbonyl (C=O) groups excluding carboxylic acids is 1. The molecule has 4 nitrogen and oxygen atoms in total. The maximum absolute atomic E-state index is 12.9. The molecule has 7 heteroatoms. The van der Waals surface area contributed by atoms with Gasteiger partial charge in [-0.05, 0) is 92.7 Å². The first kappa shape index (κ1) is 25.4. The zero-order valence-electron chi connectivity index (χ0n) is 20.1. The molecular weight excluding hydrogens is 515 g/mol. The minimum absolute atomic E-state index is 0.108. The summed E-state index contributed by atoms with van der Waals surface area (Å²) in [5.74, 6) is 1.53. The van der Waals surface area contributed by atoms with Crippen molar-refractivity contribution in [2.24, 2.45) is 5.41 Å². The van der Waals surface area contributed by atoms with E-state index in [1.807, 2.05) is 35.2 Å². The first-order valence-corrected chi connectivity index (χ1v) is 13.5. The number of rotatable bonds is 5. The molecule has 2 saturated heterocycles. The molecule has 3 aromatic carbocycles. The number of halogens is 3. The van der Waals surface area contributed by atoms with E-state index in [9.17, 15) is 4.79 Å². The molecule has 0 aliphatic carbocycles. The molecule has 0 bridgehead atoms. The Morgan fingerprint density at radius 1 is 0.778 bits per heavy atom. The summed E-state index contributed by atoms with van der Waals surface area (Å²) in [4.78, 5) is 17.4. The van der Waals surface area contributed by atoms with E-state index in [2.05, 4.69) is 11.0 Å². The Morgan fingerprint density at radius 2 is 1.42 bits per heavy atom. The Bertz CT molecular complexity index is 1210. The van der Waals surface area contributed by atoms with Crippen LogP contribution in [0, 0.1) is 5.41 Å². The predicted octanol–water partition coefficient (Wildman–Crippen LogP) is 7.96. The lowest BCUT2D eigenvalue weighted by atomic mass is 9.71. The average molecular weight is 544 g/mol. The molecule has 1 amide bonds. The van der Waals surface area contributed by atoms with Crippen molar-refractivity contribution in [1.29, 1.82) is 0 Å². The number of hydrogen-bond acceptors (Lipinski definition) is 3. The quantitative estimate of drug-likeness (QED) is 0.327. The number of amides is 1. The monoisotopic (exact) mass is 542 g/mol. The number of piperidine rings is 2. The molecular formula is C29H29Cl3N2O2. The van der Waals surface area contributed by atoms with Crippen LogP contribution in [0.5, 0.6) is 11.5 Å². The van der Waals surface area contributed by atoms with Crippen molar-refractivity contribution in [2.75, 3.05) is 26.2 Å². The van der Waals surface area contributed by atoms with E-state index < -0.39 is 0 Å². The minimum Gasteiger partial charge on any atom is -0.455 e. The number of likely N-dealkylation sites (tertiary alicyclic amines) is 2. The van der Waals surface area contributed by atoms with Gasteiger partial charge in [0.25, 0.3) is 5.91 Å². The summed E-state index contributed by atoms with van der Waals surface area (Å²) >= 11 is 18.3. The van der Waals surface area contributed by atoms with Crippen molar-refractivity contribution in [3.05, 3.63) is 92.9 Å². The van der Waals surface area contributed by atoms with Gasteiger partial charge in [-0.3, -0.25) is 9.69 Å². The van der Waals surface area contributed by atoms with Gasteiger partial charge in [-0.1, -0.05) is 53.0 Å². The highest BCUT2D eigenvalue weighted by Gasteiger charge is 2.38. The van der Waals surface area contributed by atoms with Crippen molar-refractivity contribution in [1.82, 2.24) is 9.80 Å². The number of nitrogens with zero attached hydrogens (tertiary/aromatic N) is 2. The second kappa shape index (κ2) is 11.0. The molecule has 188 valence electrons. The van der Waals surface area contributed by atoms with E-state index in [1.54, 1.807) is 30.3 Å². The lowest BCUT2D eigenvalue weighted by molar-refractivity contribution is 0.0284. The van der Waals surface area contributed by atoms with Crippen LogP contribution in [0.4, 0.5) is 0 Å². The summed E-state index contributed by atoms with van der Waals surface area (Å²) in [6.07, 6.45) is 4.44. The van der Waals surface area contributed by atoms with Crippen molar-refractivity contribution in [3.63, 3.8) is 0 Å². The topological polar surface area (TPSA) is 32.8 Å². The fraction of sp³-hybridized carbons (Fsp3) is 0.345. The highest BCUT2D eigenvalue weighted by molar-refractivity contribution is 6.35. The van der Waals surface area contributed by atoms with Gasteiger partial charge in [0.1, 0.15) is 11.5 Å². The molecule has 0 atom stereocenters. The van der Waals surface area contributed by atoms with Crippen LogP contribution in [0.1, 0.15) is 41.6 Å². The van der Waals surface area contributed by atoms with Crippen LogP contribution in [0.2, 0.25) is 15.1 Å². The van der Waals surface area contributed by atoms with Crippen LogP contribution in [0.15, 0.2) is 66.7 Å². The molecule has 1 spiro atoms. The Morgan fingerprint density at radius 3 is 2.11 bits per heavy atom. The molecule has 0 N–H and O–H groups in total. The summed E-state index contributed by atoms with van der Waals surface area (Å²) in [5, 5.41) is 1.74. The van der Waals surface area contributed by atoms with Gasteiger partial charge >= 0.3 is 0 Å². The number of ether oxygens (including phenoxy) is 1. The Kier molecular flexibility index (Phi) is 7.78. The van der Waals surface area contributed by atoms with Crippen LogP contribution in [-0.4, -0.2) is 41.9 Å². The second-order valence-electron chi connectivity index (χ2n) is 9.86. The van der Waals surface area contributed by atoms with Crippen molar-refractivity contribution in [2.45, 2.75) is 32.2 Å². The molecule has 2 fully saturated rings. The van der Waals surface area contributed by atoms with Crippen LogP contribution in [0.25, 0.3) is 0 Å². The molecule has 5 rings (SSSR count). The summed E-state index contributed by atoms with van der Waals surface area (Å²) in [7, 11) is 0. The molecule has 2 heterocycles. The third-order valence-electron chi connectivity index (χ3n) is 7.60. The zero-order chi connectivity index (χ0) is 25.1. The lowest BCUT2D eigenvalue weighted by Crippen LogP contribution is -2.48. The highest BCUT2D eigenvalue weighted by atomic mass is 35.5. The Balaban J connectivity index is 1.16. The highest BCUT2D eigenvalue weighted by Crippen LogP contribution is 2.42. The fourth-order valence-corrected chi connectivity index (χ4v) is 5.87. The van der Waals surface area contributed by atoms with E-state index in [-0.39, 0.29) is 5.91 Å². The van der Waals surface area contributed by atoms with E-state index in [4.69, 9.17) is 39.5 Å². The first-order valence-electron chi connectivity index (χ1n) is 12.4. The van der Waals surface area contributed by atoms with E-state index in [0.29, 0.717) is 31.8 Å². The summed E-state index contributed by atoms with van der Waals surface area (Å²) < 4.78 is 6.16. The molecule has 3 aromatic rings. The van der Waals surface area contributed by atoms with Crippen LogP contribution >= 0.6 is 34.8 Å². The van der Waals surface area contributed by atoms with Crippen LogP contribution in [0.3, 0.4) is 0 Å². The normalized spacial score (nSPS) is 17.8. The number of carbonyl (C=O) groups is 1. The molecule has 0 saturated carbocycles. The minimum atomic E-state index is 0.108. The van der Waals surface area contributed by atoms with Gasteiger partial charge in [-0.2, -0.15) is 0 Å². The molecule has 0 radical (unpaired) electrons. The lowest BCUT2D eigenvalue weighted by Gasteiger charge is -2.47. The van der Waals surface area contributed by atoms with Crippen molar-refractivity contribution >= 4 is 40.7 Å². The van der Waals surface area contributed by atoms with Crippen molar-refractivity contribution in [3.8, 4) is 11.5 Å². The Labute approximate surface area is 227 Å². The zero-order valence-corrected chi connectivity index (χ0v) is 22.3. The van der Waals surface area contributed by atoms with Gasteiger partial charge < -0.3 is 9.64 Å². The largest absolute Gasteiger partial charge is 0.455 e. The molecule has 2 aliphatic rings. The number of benzene rings is 3. The third-order valence-corrected chi connectivity index (χ3v) is 8.38. The SMILES string of the molecule is O=C(c1ccc(Cl)cc1)N1CCC2(CCN(Cc3ccccc3Oc3ccc(Cl)cc3Cl)CC2)CC1. The molecule has 36 heavy (non-hydrogen) atoms. The predicted molar refractivity (Wildman–Crippen MR) is 147 cm³/mol. The van der Waals surface area contributed by atoms with Crippen molar-refractivity contribution < 1.29 is 9.53 Å². The van der Waals surface area contributed by atoms with Crippen LogP contribution in [-0.2, 0) is 6.54 Å². The smallest absolute Gasteiger partial charge is 0.253 e.